The van der Waals surface area contributed by atoms with Crippen LogP contribution >= 0.6 is 15.9 Å². The predicted molar refractivity (Wildman–Crippen MR) is 70.9 cm³/mol. The molecule has 0 amide bonds. The van der Waals surface area contributed by atoms with Crippen LogP contribution in [0.3, 0.4) is 0 Å². The highest BCUT2D eigenvalue weighted by Crippen LogP contribution is 2.20. The molecular weight excluding hydrogens is 301 g/mol. The molecule has 2 aromatic rings. The van der Waals surface area contributed by atoms with Gasteiger partial charge >= 0.3 is 0 Å². The first-order chi connectivity index (χ1) is 8.65. The molecule has 0 bridgehead atoms. The lowest BCUT2D eigenvalue weighted by Gasteiger charge is -2.06. The number of nitrogen functional groups attached to an aromatic ring is 1. The van der Waals surface area contributed by atoms with E-state index in [4.69, 9.17) is 10.5 Å². The molecule has 0 fully saturated rings. The Bertz CT molecular complexity index is 530. The van der Waals surface area contributed by atoms with Crippen LogP contribution < -0.4 is 10.5 Å². The second kappa shape index (κ2) is 5.86. The summed E-state index contributed by atoms with van der Waals surface area (Å²) >= 11 is 3.09. The van der Waals surface area contributed by atoms with Gasteiger partial charge in [0.1, 0.15) is 17.4 Å². The van der Waals surface area contributed by atoms with Gasteiger partial charge in [-0.2, -0.15) is 5.10 Å². The van der Waals surface area contributed by atoms with Crippen molar-refractivity contribution in [1.82, 2.24) is 9.78 Å². The van der Waals surface area contributed by atoms with Crippen LogP contribution in [0.25, 0.3) is 0 Å². The molecule has 0 saturated heterocycles. The fourth-order valence-corrected chi connectivity index (χ4v) is 1.73. The summed E-state index contributed by atoms with van der Waals surface area (Å²) in [5, 5.41) is 4.05. The van der Waals surface area contributed by atoms with Crippen molar-refractivity contribution in [2.24, 2.45) is 0 Å². The van der Waals surface area contributed by atoms with Crippen LogP contribution in [-0.2, 0) is 6.54 Å². The van der Waals surface area contributed by atoms with Crippen molar-refractivity contribution in [2.45, 2.75) is 13.0 Å². The lowest BCUT2D eigenvalue weighted by Crippen LogP contribution is -2.05. The molecule has 0 saturated carbocycles. The number of nitrogens with two attached hydrogens (primary N) is 1. The summed E-state index contributed by atoms with van der Waals surface area (Å²) in [5.41, 5.74) is 5.50. The highest BCUT2D eigenvalue weighted by molar-refractivity contribution is 9.10. The lowest BCUT2D eigenvalue weighted by molar-refractivity contribution is 0.297. The molecule has 0 atom stereocenters. The van der Waals surface area contributed by atoms with Crippen molar-refractivity contribution < 1.29 is 9.13 Å². The minimum absolute atomic E-state index is 0.327. The molecule has 0 aliphatic rings. The Balaban J connectivity index is 1.76. The highest BCUT2D eigenvalue weighted by Gasteiger charge is 2.01. The summed E-state index contributed by atoms with van der Waals surface area (Å²) < 4.78 is 20.8. The Morgan fingerprint density at radius 3 is 2.89 bits per heavy atom. The molecule has 4 nitrogen and oxygen atoms in total. The van der Waals surface area contributed by atoms with Gasteiger partial charge in [0, 0.05) is 25.2 Å². The highest BCUT2D eigenvalue weighted by atomic mass is 79.9. The Morgan fingerprint density at radius 1 is 1.39 bits per heavy atom. The molecule has 0 aliphatic heterocycles. The number of aromatic nitrogens is 2. The number of anilines is 1. The molecule has 18 heavy (non-hydrogen) atoms. The molecule has 1 aromatic heterocycles. The molecule has 1 aromatic carbocycles. The van der Waals surface area contributed by atoms with Crippen LogP contribution in [0.2, 0.25) is 0 Å². The third-order valence-electron chi connectivity index (χ3n) is 2.35. The Kier molecular flexibility index (Phi) is 4.19. The van der Waals surface area contributed by atoms with Gasteiger partial charge in [0.05, 0.1) is 11.1 Å². The van der Waals surface area contributed by atoms with E-state index in [2.05, 4.69) is 21.0 Å². The second-order valence-electron chi connectivity index (χ2n) is 3.78. The monoisotopic (exact) mass is 313 g/mol. The minimum atomic E-state index is -0.327. The van der Waals surface area contributed by atoms with Crippen LogP contribution in [0.1, 0.15) is 6.42 Å². The van der Waals surface area contributed by atoms with Gasteiger partial charge in [0.25, 0.3) is 0 Å². The maximum Gasteiger partial charge on any atom is 0.145 e. The van der Waals surface area contributed by atoms with Crippen molar-refractivity contribution in [3.05, 3.63) is 40.8 Å². The zero-order valence-corrected chi connectivity index (χ0v) is 11.2. The lowest BCUT2D eigenvalue weighted by atomic mass is 10.3. The van der Waals surface area contributed by atoms with Gasteiger partial charge in [-0.1, -0.05) is 0 Å². The van der Waals surface area contributed by atoms with E-state index in [0.29, 0.717) is 22.6 Å². The van der Waals surface area contributed by atoms with E-state index in [1.54, 1.807) is 22.9 Å². The molecular formula is C12H13BrFN3O. The third-order valence-corrected chi connectivity index (χ3v) is 3.00. The average Bonchev–Trinajstić information content (AvgIpc) is 2.75. The second-order valence-corrected chi connectivity index (χ2v) is 4.64. The molecule has 2 rings (SSSR count). The number of rotatable bonds is 5. The number of nitrogens with zero attached hydrogens (tertiary/aromatic N) is 2. The van der Waals surface area contributed by atoms with Crippen molar-refractivity contribution in [3.63, 3.8) is 0 Å². The van der Waals surface area contributed by atoms with Gasteiger partial charge in [-0.3, -0.25) is 4.68 Å². The normalized spacial score (nSPS) is 10.6. The number of hydrogen-bond donors (Lipinski definition) is 1. The number of ether oxygens (including phenoxy) is 1. The Hall–Kier alpha value is -1.56. The van der Waals surface area contributed by atoms with Crippen LogP contribution in [0, 0.1) is 5.82 Å². The van der Waals surface area contributed by atoms with Crippen molar-refractivity contribution in [2.75, 3.05) is 12.3 Å². The van der Waals surface area contributed by atoms with Gasteiger partial charge in [-0.05, 0) is 34.1 Å². The molecule has 1 heterocycles. The van der Waals surface area contributed by atoms with Crippen LogP contribution in [0.5, 0.6) is 5.75 Å². The number of hydrogen-bond acceptors (Lipinski definition) is 3. The number of halogens is 2. The van der Waals surface area contributed by atoms with E-state index >= 15 is 0 Å². The number of benzene rings is 1. The maximum absolute atomic E-state index is 13.2. The first-order valence-corrected chi connectivity index (χ1v) is 6.31. The van der Waals surface area contributed by atoms with Crippen molar-refractivity contribution in [1.29, 1.82) is 0 Å². The van der Waals surface area contributed by atoms with Crippen LogP contribution in [-0.4, -0.2) is 16.4 Å². The smallest absolute Gasteiger partial charge is 0.145 e. The summed E-state index contributed by atoms with van der Waals surface area (Å²) in [7, 11) is 0. The maximum atomic E-state index is 13.2. The van der Waals surface area contributed by atoms with Gasteiger partial charge in [-0.25, -0.2) is 4.39 Å². The van der Waals surface area contributed by atoms with Crippen LogP contribution in [0.15, 0.2) is 34.9 Å². The molecule has 6 heteroatoms. The van der Waals surface area contributed by atoms with E-state index in [-0.39, 0.29) is 5.82 Å². The predicted octanol–water partition coefficient (Wildman–Crippen LogP) is 2.84. The van der Waals surface area contributed by atoms with Gasteiger partial charge in [0.2, 0.25) is 0 Å². The van der Waals surface area contributed by atoms with Crippen LogP contribution in [0.4, 0.5) is 10.2 Å². The largest absolute Gasteiger partial charge is 0.493 e. The zero-order valence-electron chi connectivity index (χ0n) is 9.64. The molecule has 0 radical (unpaired) electrons. The van der Waals surface area contributed by atoms with E-state index in [1.165, 1.54) is 6.07 Å². The summed E-state index contributed by atoms with van der Waals surface area (Å²) in [6, 6.07) is 6.44. The minimum Gasteiger partial charge on any atom is -0.493 e. The average molecular weight is 314 g/mol. The van der Waals surface area contributed by atoms with Gasteiger partial charge < -0.3 is 10.5 Å². The van der Waals surface area contributed by atoms with Crippen molar-refractivity contribution >= 4 is 21.7 Å². The quantitative estimate of drug-likeness (QED) is 0.864. The first-order valence-electron chi connectivity index (χ1n) is 5.52. The van der Waals surface area contributed by atoms with Gasteiger partial charge in [-0.15, -0.1) is 0 Å². The van der Waals surface area contributed by atoms with E-state index in [1.807, 2.05) is 6.20 Å². The molecule has 0 unspecified atom stereocenters. The molecule has 2 N–H and O–H groups in total. The summed E-state index contributed by atoms with van der Waals surface area (Å²) in [6.07, 6.45) is 2.59. The van der Waals surface area contributed by atoms with Gasteiger partial charge in [0.15, 0.2) is 0 Å². The Morgan fingerprint density at radius 2 is 2.22 bits per heavy atom. The third kappa shape index (κ3) is 3.46. The zero-order chi connectivity index (χ0) is 13.0. The topological polar surface area (TPSA) is 53.1 Å². The van der Waals surface area contributed by atoms with E-state index < -0.39 is 0 Å². The Labute approximate surface area is 113 Å². The fraction of sp³-hybridized carbons (Fsp3) is 0.250. The van der Waals surface area contributed by atoms with E-state index in [9.17, 15) is 4.39 Å². The summed E-state index contributed by atoms with van der Waals surface area (Å²) in [6.45, 7) is 1.22. The molecule has 0 aliphatic carbocycles. The first kappa shape index (κ1) is 12.9. The fourth-order valence-electron chi connectivity index (χ4n) is 1.49. The molecule has 96 valence electrons. The standard InChI is InChI=1S/C12H13BrFN3O/c13-10-3-2-9(8-11(10)14)18-7-1-5-17-6-4-12(15)16-17/h2-4,6,8H,1,5,7H2,(H2,15,16). The summed E-state index contributed by atoms with van der Waals surface area (Å²) in [5.74, 6) is 0.703. The summed E-state index contributed by atoms with van der Waals surface area (Å²) in [4.78, 5) is 0. The number of aryl methyl sites for hydroxylation is 1. The van der Waals surface area contributed by atoms with Crippen molar-refractivity contribution in [3.8, 4) is 5.75 Å². The van der Waals surface area contributed by atoms with E-state index in [0.717, 1.165) is 13.0 Å². The molecule has 0 spiro atoms. The SMILES string of the molecule is Nc1ccn(CCCOc2ccc(Br)c(F)c2)n1.